The molecular formula is C23H22N6O2. The van der Waals surface area contributed by atoms with Crippen LogP contribution in [0.5, 0.6) is 5.75 Å². The molecule has 8 nitrogen and oxygen atoms in total. The second-order valence-corrected chi connectivity index (χ2v) is 7.83. The average molecular weight is 414 g/mol. The zero-order chi connectivity index (χ0) is 20.8. The molecule has 4 heterocycles. The molecule has 0 amide bonds. The summed E-state index contributed by atoms with van der Waals surface area (Å²) in [6, 6.07) is 13.5. The van der Waals surface area contributed by atoms with E-state index in [0.717, 1.165) is 65.4 Å². The van der Waals surface area contributed by atoms with Crippen LogP contribution < -0.4 is 9.80 Å². The van der Waals surface area contributed by atoms with Crippen LogP contribution in [0.2, 0.25) is 0 Å². The van der Waals surface area contributed by atoms with Crippen LogP contribution in [-0.2, 0) is 11.2 Å². The number of hydrogen-bond acceptors (Lipinski definition) is 7. The van der Waals surface area contributed by atoms with E-state index in [0.29, 0.717) is 19.2 Å². The topological polar surface area (TPSA) is 90.4 Å². The van der Waals surface area contributed by atoms with E-state index in [1.807, 2.05) is 12.1 Å². The maximum absolute atomic E-state index is 10.1. The summed E-state index contributed by atoms with van der Waals surface area (Å²) in [5, 5.41) is 10.1. The molecule has 2 N–H and O–H groups in total. The molecule has 0 atom stereocenters. The molecular weight excluding hydrogens is 392 g/mol. The molecule has 0 spiro atoms. The number of morpholine rings is 1. The minimum Gasteiger partial charge on any atom is -0.508 e. The second kappa shape index (κ2) is 7.24. The number of benzene rings is 2. The molecule has 2 aliphatic rings. The normalized spacial score (nSPS) is 16.1. The number of hydrogen-bond donors (Lipinski definition) is 2. The number of nitrogens with one attached hydrogen (secondary N) is 1. The second-order valence-electron chi connectivity index (χ2n) is 7.83. The van der Waals surface area contributed by atoms with Crippen LogP contribution in [0.3, 0.4) is 0 Å². The predicted molar refractivity (Wildman–Crippen MR) is 119 cm³/mol. The molecule has 0 aliphatic carbocycles. The Kier molecular flexibility index (Phi) is 4.24. The fourth-order valence-corrected chi connectivity index (χ4v) is 4.38. The van der Waals surface area contributed by atoms with Gasteiger partial charge >= 0.3 is 0 Å². The maximum Gasteiger partial charge on any atom is 0.228 e. The summed E-state index contributed by atoms with van der Waals surface area (Å²) in [5.41, 5.74) is 5.89. The number of phenolic OH excluding ortho intramolecular Hbond substituents is 1. The molecule has 0 saturated carbocycles. The fourth-order valence-electron chi connectivity index (χ4n) is 4.38. The third-order valence-corrected chi connectivity index (χ3v) is 5.94. The molecule has 0 radical (unpaired) electrons. The summed E-state index contributed by atoms with van der Waals surface area (Å²) in [4.78, 5) is 21.9. The summed E-state index contributed by atoms with van der Waals surface area (Å²) in [6.45, 7) is 3.68. The Hall–Kier alpha value is -3.65. The number of H-pyrrole nitrogens is 1. The minimum absolute atomic E-state index is 0.233. The third kappa shape index (κ3) is 3.16. The Morgan fingerprint density at radius 2 is 1.90 bits per heavy atom. The van der Waals surface area contributed by atoms with Gasteiger partial charge in [0.25, 0.3) is 0 Å². The molecule has 6 rings (SSSR count). The molecule has 1 fully saturated rings. The van der Waals surface area contributed by atoms with E-state index in [1.54, 1.807) is 18.5 Å². The van der Waals surface area contributed by atoms with Crippen LogP contribution in [0, 0.1) is 0 Å². The highest BCUT2D eigenvalue weighted by Gasteiger charge is 2.29. The highest BCUT2D eigenvalue weighted by atomic mass is 16.5. The number of imidazole rings is 1. The van der Waals surface area contributed by atoms with Crippen molar-refractivity contribution >= 4 is 28.5 Å². The van der Waals surface area contributed by atoms with Crippen LogP contribution in [0.1, 0.15) is 5.56 Å². The van der Waals surface area contributed by atoms with Gasteiger partial charge in [-0.2, -0.15) is 4.98 Å². The zero-order valence-electron chi connectivity index (χ0n) is 17.0. The SMILES string of the molecule is Oc1cccc(-c2nc(N3CCOCC3)nc3c2CCN3c2ccc3[nH]cnc3c2)c1. The van der Waals surface area contributed by atoms with Crippen molar-refractivity contribution in [2.75, 3.05) is 42.6 Å². The van der Waals surface area contributed by atoms with Gasteiger partial charge in [0.1, 0.15) is 11.6 Å². The van der Waals surface area contributed by atoms with E-state index < -0.39 is 0 Å². The zero-order valence-corrected chi connectivity index (χ0v) is 17.0. The standard InChI is InChI=1S/C23H22N6O2/c30-17-3-1-2-15(12-17)21-18-6-7-29(16-4-5-19-20(13-16)25-14-24-19)22(18)27-23(26-21)28-8-10-31-11-9-28/h1-5,12-14,30H,6-11H2,(H,24,25). The molecule has 31 heavy (non-hydrogen) atoms. The first-order valence-electron chi connectivity index (χ1n) is 10.5. The van der Waals surface area contributed by atoms with E-state index in [-0.39, 0.29) is 5.75 Å². The molecule has 2 aromatic carbocycles. The lowest BCUT2D eigenvalue weighted by molar-refractivity contribution is 0.122. The highest BCUT2D eigenvalue weighted by Crippen LogP contribution is 2.40. The van der Waals surface area contributed by atoms with Gasteiger partial charge in [-0.05, 0) is 36.8 Å². The number of ether oxygens (including phenoxy) is 1. The number of phenols is 1. The Bertz CT molecular complexity index is 1260. The molecule has 2 aromatic heterocycles. The molecule has 2 aliphatic heterocycles. The Balaban J connectivity index is 1.50. The van der Waals surface area contributed by atoms with E-state index in [4.69, 9.17) is 14.7 Å². The number of fused-ring (bicyclic) bond motifs is 2. The number of anilines is 3. The quantitative estimate of drug-likeness (QED) is 0.532. The third-order valence-electron chi connectivity index (χ3n) is 5.94. The summed E-state index contributed by atoms with van der Waals surface area (Å²) < 4.78 is 5.52. The van der Waals surface area contributed by atoms with Crippen LogP contribution in [0.4, 0.5) is 17.5 Å². The fraction of sp³-hybridized carbons (Fsp3) is 0.261. The minimum atomic E-state index is 0.233. The lowest BCUT2D eigenvalue weighted by atomic mass is 10.1. The van der Waals surface area contributed by atoms with E-state index in [9.17, 15) is 5.11 Å². The van der Waals surface area contributed by atoms with E-state index in [2.05, 4.69) is 38.0 Å². The Labute approximate surface area is 179 Å². The van der Waals surface area contributed by atoms with Gasteiger partial charge in [-0.1, -0.05) is 12.1 Å². The smallest absolute Gasteiger partial charge is 0.228 e. The van der Waals surface area contributed by atoms with Gasteiger partial charge in [-0.25, -0.2) is 9.97 Å². The maximum atomic E-state index is 10.1. The highest BCUT2D eigenvalue weighted by molar-refractivity contribution is 5.83. The Morgan fingerprint density at radius 1 is 1.00 bits per heavy atom. The van der Waals surface area contributed by atoms with Gasteiger partial charge in [0, 0.05) is 36.4 Å². The molecule has 4 aromatic rings. The molecule has 0 bridgehead atoms. The first-order chi connectivity index (χ1) is 15.3. The van der Waals surface area contributed by atoms with Crippen molar-refractivity contribution in [1.29, 1.82) is 0 Å². The van der Waals surface area contributed by atoms with Crippen molar-refractivity contribution in [3.05, 3.63) is 54.4 Å². The van der Waals surface area contributed by atoms with Crippen LogP contribution in [0.25, 0.3) is 22.3 Å². The van der Waals surface area contributed by atoms with Crippen LogP contribution in [-0.4, -0.2) is 57.9 Å². The molecule has 156 valence electrons. The van der Waals surface area contributed by atoms with Crippen LogP contribution in [0.15, 0.2) is 48.8 Å². The largest absolute Gasteiger partial charge is 0.508 e. The van der Waals surface area contributed by atoms with Crippen molar-refractivity contribution in [3.63, 3.8) is 0 Å². The van der Waals surface area contributed by atoms with E-state index in [1.165, 1.54) is 0 Å². The number of rotatable bonds is 3. The molecule has 1 saturated heterocycles. The van der Waals surface area contributed by atoms with Crippen molar-refractivity contribution < 1.29 is 9.84 Å². The number of aromatic amines is 1. The van der Waals surface area contributed by atoms with Crippen LogP contribution >= 0.6 is 0 Å². The summed E-state index contributed by atoms with van der Waals surface area (Å²) in [5.74, 6) is 1.86. The predicted octanol–water partition coefficient (Wildman–Crippen LogP) is 3.26. The first kappa shape index (κ1) is 18.1. The summed E-state index contributed by atoms with van der Waals surface area (Å²) in [7, 11) is 0. The van der Waals surface area contributed by atoms with Crippen molar-refractivity contribution in [2.24, 2.45) is 0 Å². The number of aromatic nitrogens is 4. The van der Waals surface area contributed by atoms with Gasteiger partial charge in [0.05, 0.1) is 36.3 Å². The van der Waals surface area contributed by atoms with Crippen molar-refractivity contribution in [1.82, 2.24) is 19.9 Å². The lowest BCUT2D eigenvalue weighted by Gasteiger charge is -2.28. The van der Waals surface area contributed by atoms with Gasteiger partial charge in [0.15, 0.2) is 0 Å². The monoisotopic (exact) mass is 414 g/mol. The van der Waals surface area contributed by atoms with Crippen molar-refractivity contribution in [3.8, 4) is 17.0 Å². The number of aromatic hydroxyl groups is 1. The average Bonchev–Trinajstić information content (AvgIpc) is 3.45. The lowest BCUT2D eigenvalue weighted by Crippen LogP contribution is -2.37. The van der Waals surface area contributed by atoms with Crippen molar-refractivity contribution in [2.45, 2.75) is 6.42 Å². The summed E-state index contributed by atoms with van der Waals surface area (Å²) >= 11 is 0. The molecule has 8 heteroatoms. The van der Waals surface area contributed by atoms with E-state index >= 15 is 0 Å². The van der Waals surface area contributed by atoms with Gasteiger partial charge in [0.2, 0.25) is 5.95 Å². The number of nitrogens with zero attached hydrogens (tertiary/aromatic N) is 5. The molecule has 0 unspecified atom stereocenters. The summed E-state index contributed by atoms with van der Waals surface area (Å²) in [6.07, 6.45) is 2.55. The van der Waals surface area contributed by atoms with Gasteiger partial charge in [-0.15, -0.1) is 0 Å². The Morgan fingerprint density at radius 3 is 2.77 bits per heavy atom. The van der Waals surface area contributed by atoms with Gasteiger partial charge in [-0.3, -0.25) is 0 Å². The van der Waals surface area contributed by atoms with Gasteiger partial charge < -0.3 is 24.6 Å². The first-order valence-corrected chi connectivity index (χ1v) is 10.5.